The van der Waals surface area contributed by atoms with Crippen molar-refractivity contribution in [1.82, 2.24) is 18.9 Å². The summed E-state index contributed by atoms with van der Waals surface area (Å²) < 4.78 is 6.31. The number of rotatable bonds is 5. The summed E-state index contributed by atoms with van der Waals surface area (Å²) in [6.45, 7) is 5.91. The Bertz CT molecular complexity index is 420. The van der Waals surface area contributed by atoms with Crippen molar-refractivity contribution >= 4 is 16.7 Å². The molecule has 0 aliphatic rings. The fourth-order valence-electron chi connectivity index (χ4n) is 1.25. The molecule has 0 spiro atoms. The Morgan fingerprint density at radius 3 is 3.00 bits per heavy atom. The first-order valence-electron chi connectivity index (χ1n) is 5.29. The molecule has 6 heteroatoms. The summed E-state index contributed by atoms with van der Waals surface area (Å²) in [7, 11) is 0. The number of nitrogens with zero attached hydrogens (tertiary/aromatic N) is 4. The molecule has 5 nitrogen and oxygen atoms in total. The van der Waals surface area contributed by atoms with E-state index in [4.69, 9.17) is 0 Å². The Labute approximate surface area is 98.7 Å². The highest BCUT2D eigenvalue weighted by molar-refractivity contribution is 7.09. The van der Waals surface area contributed by atoms with Crippen molar-refractivity contribution in [2.45, 2.75) is 26.3 Å². The van der Waals surface area contributed by atoms with Gasteiger partial charge in [0.15, 0.2) is 0 Å². The molecule has 0 atom stereocenters. The highest BCUT2D eigenvalue weighted by Crippen LogP contribution is 2.16. The van der Waals surface area contributed by atoms with E-state index in [-0.39, 0.29) is 0 Å². The minimum Gasteiger partial charge on any atom is -0.358 e. The van der Waals surface area contributed by atoms with Crippen molar-refractivity contribution < 1.29 is 0 Å². The summed E-state index contributed by atoms with van der Waals surface area (Å²) in [5.41, 5.74) is 0. The molecule has 0 aromatic carbocycles. The summed E-state index contributed by atoms with van der Waals surface area (Å²) in [4.78, 5) is 8.38. The SMILES string of the molecule is CC(C)c1nsc(NCCn2ccnc2)n1. The van der Waals surface area contributed by atoms with Crippen molar-refractivity contribution in [3.63, 3.8) is 0 Å². The second-order valence-corrected chi connectivity index (χ2v) is 4.59. The lowest BCUT2D eigenvalue weighted by Gasteiger charge is -2.02. The predicted octanol–water partition coefficient (Wildman–Crippen LogP) is 1.97. The number of hydrogen-bond donors (Lipinski definition) is 1. The molecule has 0 radical (unpaired) electrons. The maximum absolute atomic E-state index is 4.40. The maximum Gasteiger partial charge on any atom is 0.202 e. The van der Waals surface area contributed by atoms with Crippen LogP contribution in [0.3, 0.4) is 0 Å². The molecular formula is C10H15N5S. The molecule has 1 N–H and O–H groups in total. The van der Waals surface area contributed by atoms with E-state index in [9.17, 15) is 0 Å². The summed E-state index contributed by atoms with van der Waals surface area (Å²) >= 11 is 1.42. The van der Waals surface area contributed by atoms with E-state index in [1.165, 1.54) is 11.5 Å². The van der Waals surface area contributed by atoms with Crippen LogP contribution in [0, 0.1) is 0 Å². The number of anilines is 1. The van der Waals surface area contributed by atoms with Gasteiger partial charge in [-0.3, -0.25) is 0 Å². The predicted molar refractivity (Wildman–Crippen MR) is 64.7 cm³/mol. The molecule has 0 aliphatic heterocycles. The van der Waals surface area contributed by atoms with Gasteiger partial charge >= 0.3 is 0 Å². The van der Waals surface area contributed by atoms with Crippen LogP contribution in [0.4, 0.5) is 5.13 Å². The molecule has 0 unspecified atom stereocenters. The minimum atomic E-state index is 0.389. The first kappa shape index (κ1) is 11.1. The average molecular weight is 237 g/mol. The Morgan fingerprint density at radius 2 is 2.38 bits per heavy atom. The normalized spacial score (nSPS) is 10.9. The Hall–Kier alpha value is -1.43. The summed E-state index contributed by atoms with van der Waals surface area (Å²) in [6, 6.07) is 0. The molecule has 2 aromatic rings. The first-order valence-corrected chi connectivity index (χ1v) is 6.06. The van der Waals surface area contributed by atoms with E-state index >= 15 is 0 Å². The summed E-state index contributed by atoms with van der Waals surface area (Å²) in [5, 5.41) is 4.15. The zero-order valence-electron chi connectivity index (χ0n) is 9.42. The van der Waals surface area contributed by atoms with Gasteiger partial charge in [0, 0.05) is 42.9 Å². The number of nitrogens with one attached hydrogen (secondary N) is 1. The topological polar surface area (TPSA) is 55.6 Å². The van der Waals surface area contributed by atoms with Crippen LogP contribution in [0.15, 0.2) is 18.7 Å². The van der Waals surface area contributed by atoms with Crippen LogP contribution in [-0.4, -0.2) is 25.5 Å². The van der Waals surface area contributed by atoms with Gasteiger partial charge < -0.3 is 9.88 Å². The van der Waals surface area contributed by atoms with E-state index in [2.05, 4.69) is 33.5 Å². The van der Waals surface area contributed by atoms with E-state index in [1.807, 2.05) is 10.8 Å². The smallest absolute Gasteiger partial charge is 0.202 e. The Balaban J connectivity index is 1.81. The molecule has 0 saturated carbocycles. The Morgan fingerprint density at radius 1 is 1.50 bits per heavy atom. The molecule has 2 aromatic heterocycles. The van der Waals surface area contributed by atoms with Crippen LogP contribution in [0.1, 0.15) is 25.6 Å². The molecule has 2 heterocycles. The quantitative estimate of drug-likeness (QED) is 0.863. The van der Waals surface area contributed by atoms with Crippen molar-refractivity contribution in [1.29, 1.82) is 0 Å². The minimum absolute atomic E-state index is 0.389. The number of imidazole rings is 1. The third-order valence-corrected chi connectivity index (χ3v) is 2.85. The molecule has 0 bridgehead atoms. The summed E-state index contributed by atoms with van der Waals surface area (Å²) in [6.07, 6.45) is 5.53. The molecule has 0 fully saturated rings. The number of aromatic nitrogens is 4. The van der Waals surface area contributed by atoms with Gasteiger partial charge in [0.1, 0.15) is 5.82 Å². The second kappa shape index (κ2) is 5.07. The van der Waals surface area contributed by atoms with Gasteiger partial charge in [0.2, 0.25) is 5.13 Å². The molecule has 86 valence electrons. The highest BCUT2D eigenvalue weighted by atomic mass is 32.1. The van der Waals surface area contributed by atoms with Crippen molar-refractivity contribution in [2.75, 3.05) is 11.9 Å². The fourth-order valence-corrected chi connectivity index (χ4v) is 1.98. The fraction of sp³-hybridized carbons (Fsp3) is 0.500. The average Bonchev–Trinajstić information content (AvgIpc) is 2.87. The molecule has 0 amide bonds. The monoisotopic (exact) mass is 237 g/mol. The standard InChI is InChI=1S/C10H15N5S/c1-8(2)9-13-10(16-14-9)12-4-6-15-5-3-11-7-15/h3,5,7-8H,4,6H2,1-2H3,(H,12,13,14). The van der Waals surface area contributed by atoms with Crippen LogP contribution in [0.2, 0.25) is 0 Å². The van der Waals surface area contributed by atoms with Crippen LogP contribution in [-0.2, 0) is 6.54 Å². The lowest BCUT2D eigenvalue weighted by atomic mass is 10.2. The van der Waals surface area contributed by atoms with Gasteiger partial charge in [-0.2, -0.15) is 4.37 Å². The van der Waals surface area contributed by atoms with E-state index in [0.717, 1.165) is 24.0 Å². The lowest BCUT2D eigenvalue weighted by molar-refractivity contribution is 0.725. The zero-order valence-corrected chi connectivity index (χ0v) is 10.2. The van der Waals surface area contributed by atoms with Crippen molar-refractivity contribution in [2.24, 2.45) is 0 Å². The number of hydrogen-bond acceptors (Lipinski definition) is 5. The third-order valence-electron chi connectivity index (χ3n) is 2.16. The molecule has 2 rings (SSSR count). The molecule has 0 aliphatic carbocycles. The highest BCUT2D eigenvalue weighted by Gasteiger charge is 2.06. The molecular weight excluding hydrogens is 222 g/mol. The first-order chi connectivity index (χ1) is 7.75. The van der Waals surface area contributed by atoms with Gasteiger partial charge in [-0.25, -0.2) is 9.97 Å². The van der Waals surface area contributed by atoms with E-state index < -0.39 is 0 Å². The van der Waals surface area contributed by atoms with E-state index in [1.54, 1.807) is 12.5 Å². The zero-order chi connectivity index (χ0) is 11.4. The van der Waals surface area contributed by atoms with Gasteiger partial charge in [0.25, 0.3) is 0 Å². The lowest BCUT2D eigenvalue weighted by Crippen LogP contribution is -2.09. The van der Waals surface area contributed by atoms with Gasteiger partial charge in [0.05, 0.1) is 6.33 Å². The largest absolute Gasteiger partial charge is 0.358 e. The van der Waals surface area contributed by atoms with Crippen molar-refractivity contribution in [3.05, 3.63) is 24.5 Å². The van der Waals surface area contributed by atoms with Crippen LogP contribution in [0.25, 0.3) is 0 Å². The van der Waals surface area contributed by atoms with Crippen LogP contribution >= 0.6 is 11.5 Å². The third kappa shape index (κ3) is 2.79. The molecule has 16 heavy (non-hydrogen) atoms. The van der Waals surface area contributed by atoms with E-state index in [0.29, 0.717) is 5.92 Å². The van der Waals surface area contributed by atoms with Crippen LogP contribution in [0.5, 0.6) is 0 Å². The maximum atomic E-state index is 4.40. The molecule has 0 saturated heterocycles. The second-order valence-electron chi connectivity index (χ2n) is 3.84. The Kier molecular flexibility index (Phi) is 3.51. The van der Waals surface area contributed by atoms with Gasteiger partial charge in [-0.1, -0.05) is 13.8 Å². The van der Waals surface area contributed by atoms with Crippen LogP contribution < -0.4 is 5.32 Å². The van der Waals surface area contributed by atoms with Gasteiger partial charge in [-0.05, 0) is 0 Å². The van der Waals surface area contributed by atoms with Gasteiger partial charge in [-0.15, -0.1) is 0 Å². The van der Waals surface area contributed by atoms with Crippen molar-refractivity contribution in [3.8, 4) is 0 Å². The summed E-state index contributed by atoms with van der Waals surface area (Å²) in [5.74, 6) is 1.30.